The van der Waals surface area contributed by atoms with Crippen molar-refractivity contribution in [3.8, 4) is 0 Å². The number of ether oxygens (including phenoxy) is 3. The van der Waals surface area contributed by atoms with Crippen LogP contribution in [0.5, 0.6) is 0 Å². The lowest BCUT2D eigenvalue weighted by Gasteiger charge is -2.18. The van der Waals surface area contributed by atoms with Gasteiger partial charge in [0.2, 0.25) is 0 Å². The molecule has 0 fully saturated rings. The molecule has 0 saturated carbocycles. The van der Waals surface area contributed by atoms with Crippen molar-refractivity contribution in [3.05, 3.63) is 122 Å². The van der Waals surface area contributed by atoms with Crippen LogP contribution in [0.3, 0.4) is 0 Å². The molecule has 0 heterocycles. The number of rotatable bonds is 50. The fourth-order valence-electron chi connectivity index (χ4n) is 7.37. The Labute approximate surface area is 431 Å². The van der Waals surface area contributed by atoms with Gasteiger partial charge in [-0.1, -0.05) is 219 Å². The lowest BCUT2D eigenvalue weighted by Crippen LogP contribution is -2.30. The highest BCUT2D eigenvalue weighted by atomic mass is 16.6. The maximum atomic E-state index is 12.9. The first-order valence-electron chi connectivity index (χ1n) is 28.5. The first kappa shape index (κ1) is 65.8. The van der Waals surface area contributed by atoms with Crippen LogP contribution in [-0.4, -0.2) is 37.2 Å². The fraction of sp³-hybridized carbons (Fsp3) is 0.641. The predicted molar refractivity (Wildman–Crippen MR) is 302 cm³/mol. The average molecular weight is 970 g/mol. The zero-order chi connectivity index (χ0) is 50.7. The number of unbranched alkanes of at least 4 members (excludes halogenated alkanes) is 19. The third-order valence-electron chi connectivity index (χ3n) is 11.7. The van der Waals surface area contributed by atoms with E-state index in [1.807, 2.05) is 0 Å². The van der Waals surface area contributed by atoms with Crippen LogP contribution in [0.1, 0.15) is 245 Å². The Morgan fingerprint density at radius 3 is 0.943 bits per heavy atom. The number of hydrogen-bond acceptors (Lipinski definition) is 6. The van der Waals surface area contributed by atoms with Crippen LogP contribution in [0, 0.1) is 0 Å². The normalized spacial score (nSPS) is 13.0. The number of carbonyl (C=O) groups excluding carboxylic acids is 3. The molecule has 0 radical (unpaired) electrons. The molecule has 6 nitrogen and oxygen atoms in total. The minimum absolute atomic E-state index is 0.106. The van der Waals surface area contributed by atoms with Gasteiger partial charge in [-0.05, 0) is 128 Å². The second kappa shape index (κ2) is 57.4. The van der Waals surface area contributed by atoms with E-state index >= 15 is 0 Å². The average Bonchev–Trinajstić information content (AvgIpc) is 3.36. The Kier molecular flexibility index (Phi) is 54.0. The summed E-state index contributed by atoms with van der Waals surface area (Å²) < 4.78 is 16.8. The Balaban J connectivity index is 4.51. The van der Waals surface area contributed by atoms with Gasteiger partial charge in [0, 0.05) is 19.3 Å². The van der Waals surface area contributed by atoms with E-state index in [9.17, 15) is 14.4 Å². The van der Waals surface area contributed by atoms with Gasteiger partial charge in [-0.3, -0.25) is 14.4 Å². The van der Waals surface area contributed by atoms with Gasteiger partial charge in [0.05, 0.1) is 0 Å². The van der Waals surface area contributed by atoms with Crippen molar-refractivity contribution < 1.29 is 28.6 Å². The zero-order valence-corrected chi connectivity index (χ0v) is 45.2. The van der Waals surface area contributed by atoms with E-state index in [0.717, 1.165) is 128 Å². The molecule has 0 aliphatic heterocycles. The molecule has 0 amide bonds. The van der Waals surface area contributed by atoms with Crippen LogP contribution in [0.25, 0.3) is 0 Å². The molecule has 0 saturated heterocycles. The van der Waals surface area contributed by atoms with Gasteiger partial charge >= 0.3 is 17.9 Å². The van der Waals surface area contributed by atoms with Crippen LogP contribution >= 0.6 is 0 Å². The van der Waals surface area contributed by atoms with E-state index < -0.39 is 6.10 Å². The Morgan fingerprint density at radius 1 is 0.300 bits per heavy atom. The van der Waals surface area contributed by atoms with Gasteiger partial charge in [0.1, 0.15) is 13.2 Å². The molecule has 70 heavy (non-hydrogen) atoms. The molecule has 0 aromatic carbocycles. The van der Waals surface area contributed by atoms with Crippen molar-refractivity contribution in [1.29, 1.82) is 0 Å². The Hall–Kier alpha value is -4.19. The van der Waals surface area contributed by atoms with Gasteiger partial charge in [-0.15, -0.1) is 0 Å². The summed E-state index contributed by atoms with van der Waals surface area (Å²) in [5.74, 6) is -0.974. The Morgan fingerprint density at radius 2 is 0.571 bits per heavy atom. The summed E-state index contributed by atoms with van der Waals surface area (Å²) in [5.41, 5.74) is 0. The molecular formula is C64H104O6. The van der Waals surface area contributed by atoms with E-state index in [4.69, 9.17) is 14.2 Å². The molecule has 0 bridgehead atoms. The first-order chi connectivity index (χ1) is 34.5. The van der Waals surface area contributed by atoms with E-state index in [1.165, 1.54) is 70.6 Å². The minimum atomic E-state index is -0.810. The van der Waals surface area contributed by atoms with Crippen LogP contribution in [-0.2, 0) is 28.6 Å². The summed E-state index contributed by atoms with van der Waals surface area (Å²) in [6, 6.07) is 0. The third kappa shape index (κ3) is 54.7. The second-order valence-electron chi connectivity index (χ2n) is 18.5. The smallest absolute Gasteiger partial charge is 0.306 e. The quantitative estimate of drug-likeness (QED) is 0.0262. The summed E-state index contributed by atoms with van der Waals surface area (Å²) in [6.45, 7) is 6.40. The summed E-state index contributed by atoms with van der Waals surface area (Å²) in [6.07, 6.45) is 79.0. The van der Waals surface area contributed by atoms with E-state index in [-0.39, 0.29) is 31.1 Å². The summed E-state index contributed by atoms with van der Waals surface area (Å²) in [5, 5.41) is 0. The van der Waals surface area contributed by atoms with Crippen molar-refractivity contribution in [2.24, 2.45) is 0 Å². The van der Waals surface area contributed by atoms with Gasteiger partial charge in [0.15, 0.2) is 6.10 Å². The molecule has 0 N–H and O–H groups in total. The van der Waals surface area contributed by atoms with Crippen molar-refractivity contribution in [1.82, 2.24) is 0 Å². The molecule has 0 aliphatic carbocycles. The van der Waals surface area contributed by atoms with Gasteiger partial charge < -0.3 is 14.2 Å². The molecule has 0 rings (SSSR count). The standard InChI is InChI=1S/C64H104O6/c1-4-7-10-13-16-19-22-25-28-30-31-32-33-35-36-39-42-45-48-51-54-57-63(66)69-60-61(59-68-62(65)56-53-50-47-44-41-38-27-24-21-18-15-12-9-6-3)70-64(67)58-55-52-49-46-43-40-37-34-29-26-23-20-17-14-11-8-5-2/h7,10,15-20,24-29,31-32,35-36,42,45,61H,4-6,8-9,11-14,21-23,30,33-34,37-41,43-44,46-60H2,1-3H3/b10-7-,18-15-,19-16-,20-17-,27-24-,28-25-,29-26-,32-31-,36-35-,45-42-. The van der Waals surface area contributed by atoms with Crippen LogP contribution in [0.2, 0.25) is 0 Å². The summed E-state index contributed by atoms with van der Waals surface area (Å²) >= 11 is 0. The number of allylic oxidation sites excluding steroid dienone is 20. The highest BCUT2D eigenvalue weighted by Gasteiger charge is 2.19. The number of hydrogen-bond donors (Lipinski definition) is 0. The number of carbonyl (C=O) groups is 3. The van der Waals surface area contributed by atoms with Gasteiger partial charge in [0.25, 0.3) is 0 Å². The Bertz CT molecular complexity index is 1490. The monoisotopic (exact) mass is 969 g/mol. The largest absolute Gasteiger partial charge is 0.462 e. The SMILES string of the molecule is CC/C=C\C/C=C\C/C=C\C/C=C\C/C=C\C/C=C\CCCCC(=O)OCC(COC(=O)CCCCCCC/C=C\C/C=C\CCCC)OC(=O)CCCCCCCCC/C=C\C/C=C\CCCCC. The molecule has 0 aliphatic rings. The zero-order valence-electron chi connectivity index (χ0n) is 45.2. The van der Waals surface area contributed by atoms with E-state index in [1.54, 1.807) is 0 Å². The maximum absolute atomic E-state index is 12.9. The molecule has 1 unspecified atom stereocenters. The first-order valence-corrected chi connectivity index (χ1v) is 28.5. The molecule has 1 atom stereocenters. The van der Waals surface area contributed by atoms with Crippen molar-refractivity contribution in [2.45, 2.75) is 252 Å². The van der Waals surface area contributed by atoms with Gasteiger partial charge in [-0.2, -0.15) is 0 Å². The van der Waals surface area contributed by atoms with Crippen molar-refractivity contribution in [2.75, 3.05) is 13.2 Å². The van der Waals surface area contributed by atoms with Crippen LogP contribution in [0.4, 0.5) is 0 Å². The third-order valence-corrected chi connectivity index (χ3v) is 11.7. The molecule has 6 heteroatoms. The lowest BCUT2D eigenvalue weighted by molar-refractivity contribution is -0.167. The van der Waals surface area contributed by atoms with Gasteiger partial charge in [-0.25, -0.2) is 0 Å². The fourth-order valence-corrected chi connectivity index (χ4v) is 7.37. The molecular weight excluding hydrogens is 865 g/mol. The second-order valence-corrected chi connectivity index (χ2v) is 18.5. The lowest BCUT2D eigenvalue weighted by atomic mass is 10.1. The predicted octanol–water partition coefficient (Wildman–Crippen LogP) is 19.3. The number of esters is 3. The van der Waals surface area contributed by atoms with E-state index in [2.05, 4.69) is 142 Å². The maximum Gasteiger partial charge on any atom is 0.306 e. The molecule has 0 aromatic heterocycles. The molecule has 0 aromatic rings. The highest BCUT2D eigenvalue weighted by Crippen LogP contribution is 2.13. The highest BCUT2D eigenvalue weighted by molar-refractivity contribution is 5.71. The van der Waals surface area contributed by atoms with Crippen molar-refractivity contribution >= 4 is 17.9 Å². The molecule has 0 spiro atoms. The summed E-state index contributed by atoms with van der Waals surface area (Å²) in [4.78, 5) is 38.1. The van der Waals surface area contributed by atoms with Crippen molar-refractivity contribution in [3.63, 3.8) is 0 Å². The summed E-state index contributed by atoms with van der Waals surface area (Å²) in [7, 11) is 0. The molecule has 396 valence electrons. The van der Waals surface area contributed by atoms with Crippen LogP contribution in [0.15, 0.2) is 122 Å². The van der Waals surface area contributed by atoms with E-state index in [0.29, 0.717) is 25.7 Å². The minimum Gasteiger partial charge on any atom is -0.462 e. The topological polar surface area (TPSA) is 78.9 Å². The van der Waals surface area contributed by atoms with Crippen LogP contribution < -0.4 is 0 Å².